The number of sulfonamides is 1. The highest BCUT2D eigenvalue weighted by Gasteiger charge is 2.31. The minimum atomic E-state index is -3.80. The molecular formula is C18H25N3O4S. The average molecular weight is 379 g/mol. The molecule has 26 heavy (non-hydrogen) atoms. The van der Waals surface area contributed by atoms with E-state index in [1.807, 2.05) is 0 Å². The smallest absolute Gasteiger partial charge is 0.253 e. The highest BCUT2D eigenvalue weighted by atomic mass is 32.2. The number of piperidine rings is 1. The molecule has 2 amide bonds. The van der Waals surface area contributed by atoms with Gasteiger partial charge in [-0.3, -0.25) is 9.59 Å². The lowest BCUT2D eigenvalue weighted by Gasteiger charge is -2.35. The van der Waals surface area contributed by atoms with Crippen LogP contribution in [-0.2, 0) is 14.8 Å². The molecule has 2 aliphatic heterocycles. The number of amides is 2. The minimum absolute atomic E-state index is 0.0520. The van der Waals surface area contributed by atoms with Gasteiger partial charge in [-0.15, -0.1) is 0 Å². The Hall–Kier alpha value is -1.93. The van der Waals surface area contributed by atoms with Crippen molar-refractivity contribution < 1.29 is 18.0 Å². The Morgan fingerprint density at radius 3 is 2.54 bits per heavy atom. The molecule has 2 aliphatic rings. The molecule has 2 heterocycles. The van der Waals surface area contributed by atoms with Gasteiger partial charge >= 0.3 is 0 Å². The standard InChI is InChI=1S/C18H25N3O4S/c1-13-8-14(2)11-20(10-13)18(23)15-4-3-5-16(9-15)26(24,25)21-7-6-19-17(22)12-21/h3-5,9,13-14H,6-8,10-12H2,1-2H3,(H,19,22). The van der Waals surface area contributed by atoms with Crippen molar-refractivity contribution in [2.75, 3.05) is 32.7 Å². The van der Waals surface area contributed by atoms with Crippen LogP contribution in [0.25, 0.3) is 0 Å². The molecule has 7 nitrogen and oxygen atoms in total. The van der Waals surface area contributed by atoms with Gasteiger partial charge in [0.1, 0.15) is 0 Å². The number of carbonyl (C=O) groups is 2. The van der Waals surface area contributed by atoms with Crippen LogP contribution in [0.3, 0.4) is 0 Å². The van der Waals surface area contributed by atoms with E-state index in [-0.39, 0.29) is 29.8 Å². The molecule has 142 valence electrons. The molecule has 0 spiro atoms. The Morgan fingerprint density at radius 2 is 1.88 bits per heavy atom. The van der Waals surface area contributed by atoms with Crippen molar-refractivity contribution in [2.45, 2.75) is 25.2 Å². The number of benzene rings is 1. The lowest BCUT2D eigenvalue weighted by atomic mass is 9.91. The van der Waals surface area contributed by atoms with E-state index in [0.717, 1.165) is 10.7 Å². The number of piperazine rings is 1. The minimum Gasteiger partial charge on any atom is -0.354 e. The SMILES string of the molecule is CC1CC(C)CN(C(=O)c2cccc(S(=O)(=O)N3CCNC(=O)C3)c2)C1. The molecule has 0 aliphatic carbocycles. The first-order chi connectivity index (χ1) is 12.3. The number of carbonyl (C=O) groups excluding carboxylic acids is 2. The number of nitrogens with zero attached hydrogens (tertiary/aromatic N) is 2. The van der Waals surface area contributed by atoms with Crippen LogP contribution in [0.4, 0.5) is 0 Å². The van der Waals surface area contributed by atoms with Crippen LogP contribution < -0.4 is 5.32 Å². The molecule has 0 aromatic heterocycles. The quantitative estimate of drug-likeness (QED) is 0.846. The van der Waals surface area contributed by atoms with Crippen LogP contribution >= 0.6 is 0 Å². The molecule has 3 rings (SSSR count). The lowest BCUT2D eigenvalue weighted by molar-refractivity contribution is -0.122. The molecule has 1 aromatic rings. The van der Waals surface area contributed by atoms with Crippen LogP contribution in [0.2, 0.25) is 0 Å². The Balaban J connectivity index is 1.83. The Labute approximate surface area is 154 Å². The van der Waals surface area contributed by atoms with Crippen LogP contribution in [0.15, 0.2) is 29.2 Å². The number of rotatable bonds is 3. The second-order valence-corrected chi connectivity index (χ2v) is 9.31. The van der Waals surface area contributed by atoms with Gasteiger partial charge in [0.2, 0.25) is 15.9 Å². The normalized spacial score (nSPS) is 25.0. The predicted octanol–water partition coefficient (Wildman–Crippen LogP) is 0.925. The van der Waals surface area contributed by atoms with Gasteiger partial charge in [0, 0.05) is 31.7 Å². The first kappa shape index (κ1) is 18.8. The molecule has 0 radical (unpaired) electrons. The Bertz CT molecular complexity index is 798. The zero-order valence-electron chi connectivity index (χ0n) is 15.1. The van der Waals surface area contributed by atoms with Crippen molar-refractivity contribution in [2.24, 2.45) is 11.8 Å². The number of nitrogens with one attached hydrogen (secondary N) is 1. The van der Waals surface area contributed by atoms with Crippen molar-refractivity contribution >= 4 is 21.8 Å². The molecule has 2 unspecified atom stereocenters. The van der Waals surface area contributed by atoms with Gasteiger partial charge < -0.3 is 10.2 Å². The van der Waals surface area contributed by atoms with Crippen LogP contribution in [0.1, 0.15) is 30.6 Å². The van der Waals surface area contributed by atoms with E-state index in [4.69, 9.17) is 0 Å². The summed E-state index contributed by atoms with van der Waals surface area (Å²) in [7, 11) is -3.80. The molecule has 2 saturated heterocycles. The highest BCUT2D eigenvalue weighted by Crippen LogP contribution is 2.24. The first-order valence-electron chi connectivity index (χ1n) is 8.93. The van der Waals surface area contributed by atoms with Gasteiger partial charge in [0.15, 0.2) is 0 Å². The second kappa shape index (κ2) is 7.36. The summed E-state index contributed by atoms with van der Waals surface area (Å²) < 4.78 is 26.8. The van der Waals surface area contributed by atoms with E-state index in [9.17, 15) is 18.0 Å². The fourth-order valence-corrected chi connectivity index (χ4v) is 5.21. The predicted molar refractivity (Wildman–Crippen MR) is 97.1 cm³/mol. The van der Waals surface area contributed by atoms with Crippen LogP contribution in [-0.4, -0.2) is 62.2 Å². The summed E-state index contributed by atoms with van der Waals surface area (Å²) in [6.07, 6.45) is 1.09. The van der Waals surface area contributed by atoms with E-state index in [1.165, 1.54) is 12.1 Å². The van der Waals surface area contributed by atoms with Crippen molar-refractivity contribution in [3.05, 3.63) is 29.8 Å². The van der Waals surface area contributed by atoms with Gasteiger partial charge in [-0.2, -0.15) is 4.31 Å². The maximum absolute atomic E-state index is 12.9. The van der Waals surface area contributed by atoms with Crippen molar-refractivity contribution in [3.63, 3.8) is 0 Å². The molecule has 0 bridgehead atoms. The Morgan fingerprint density at radius 1 is 1.19 bits per heavy atom. The summed E-state index contributed by atoms with van der Waals surface area (Å²) in [4.78, 5) is 26.2. The van der Waals surface area contributed by atoms with Crippen LogP contribution in [0.5, 0.6) is 0 Å². The van der Waals surface area contributed by atoms with E-state index in [1.54, 1.807) is 17.0 Å². The second-order valence-electron chi connectivity index (χ2n) is 7.37. The van der Waals surface area contributed by atoms with Crippen molar-refractivity contribution in [3.8, 4) is 0 Å². The summed E-state index contributed by atoms with van der Waals surface area (Å²) in [6, 6.07) is 6.13. The summed E-state index contributed by atoms with van der Waals surface area (Å²) in [5.74, 6) is 0.406. The van der Waals surface area contributed by atoms with Gasteiger partial charge in [0.05, 0.1) is 11.4 Å². The molecule has 2 fully saturated rings. The highest BCUT2D eigenvalue weighted by molar-refractivity contribution is 7.89. The molecule has 1 aromatic carbocycles. The van der Waals surface area contributed by atoms with Gasteiger partial charge in [-0.25, -0.2) is 8.42 Å². The number of hydrogen-bond donors (Lipinski definition) is 1. The number of likely N-dealkylation sites (tertiary alicyclic amines) is 1. The average Bonchev–Trinajstić information content (AvgIpc) is 2.60. The molecule has 0 saturated carbocycles. The maximum atomic E-state index is 12.9. The zero-order valence-corrected chi connectivity index (χ0v) is 16.0. The van der Waals surface area contributed by atoms with Gasteiger partial charge in [-0.1, -0.05) is 19.9 Å². The maximum Gasteiger partial charge on any atom is 0.253 e. The van der Waals surface area contributed by atoms with E-state index in [0.29, 0.717) is 37.0 Å². The van der Waals surface area contributed by atoms with Gasteiger partial charge in [0.25, 0.3) is 5.91 Å². The third-order valence-electron chi connectivity index (χ3n) is 4.88. The van der Waals surface area contributed by atoms with Crippen molar-refractivity contribution in [1.29, 1.82) is 0 Å². The third-order valence-corrected chi connectivity index (χ3v) is 6.72. The summed E-state index contributed by atoms with van der Waals surface area (Å²) >= 11 is 0. The lowest BCUT2D eigenvalue weighted by Crippen LogP contribution is -2.49. The van der Waals surface area contributed by atoms with Crippen molar-refractivity contribution in [1.82, 2.24) is 14.5 Å². The molecule has 1 N–H and O–H groups in total. The molecular weight excluding hydrogens is 354 g/mol. The number of hydrogen-bond acceptors (Lipinski definition) is 4. The Kier molecular flexibility index (Phi) is 5.34. The van der Waals surface area contributed by atoms with Crippen LogP contribution in [0, 0.1) is 11.8 Å². The van der Waals surface area contributed by atoms with E-state index >= 15 is 0 Å². The topological polar surface area (TPSA) is 86.8 Å². The monoisotopic (exact) mass is 379 g/mol. The van der Waals surface area contributed by atoms with E-state index in [2.05, 4.69) is 19.2 Å². The van der Waals surface area contributed by atoms with Gasteiger partial charge in [-0.05, 0) is 36.5 Å². The third kappa shape index (κ3) is 3.91. The summed E-state index contributed by atoms with van der Waals surface area (Å²) in [6.45, 7) is 5.95. The largest absolute Gasteiger partial charge is 0.354 e. The first-order valence-corrected chi connectivity index (χ1v) is 10.4. The summed E-state index contributed by atoms with van der Waals surface area (Å²) in [5.41, 5.74) is 0.369. The summed E-state index contributed by atoms with van der Waals surface area (Å²) in [5, 5.41) is 2.61. The van der Waals surface area contributed by atoms with E-state index < -0.39 is 10.0 Å². The molecule has 2 atom stereocenters. The fraction of sp³-hybridized carbons (Fsp3) is 0.556. The zero-order chi connectivity index (χ0) is 18.9. The fourth-order valence-electron chi connectivity index (χ4n) is 3.77. The molecule has 8 heteroatoms.